The van der Waals surface area contributed by atoms with Gasteiger partial charge in [-0.1, -0.05) is 12.7 Å². The van der Waals surface area contributed by atoms with Gasteiger partial charge in [0.25, 0.3) is 0 Å². The number of benzene rings is 1. The van der Waals surface area contributed by atoms with E-state index in [1.54, 1.807) is 57.2 Å². The molecule has 0 saturated heterocycles. The Labute approximate surface area is 225 Å². The third-order valence-electron chi connectivity index (χ3n) is 3.86. The predicted molar refractivity (Wildman–Crippen MR) is 129 cm³/mol. The Balaban J connectivity index is 0. The first-order valence-electron chi connectivity index (χ1n) is 10.5. The Morgan fingerprint density at radius 2 is 1.75 bits per heavy atom. The minimum Gasteiger partial charge on any atom is -0.660 e. The van der Waals surface area contributed by atoms with E-state index in [2.05, 4.69) is 9.72 Å². The summed E-state index contributed by atoms with van der Waals surface area (Å²) in [6.45, 7) is 5.87. The molecule has 0 aliphatic carbocycles. The number of hydrogen-bond donors (Lipinski definition) is 0. The molecule has 1 N–H and O–H groups in total. The van der Waals surface area contributed by atoms with E-state index in [1.165, 1.54) is 13.3 Å². The average Bonchev–Trinajstić information content (AvgIpc) is 2.81. The molecule has 0 fully saturated rings. The van der Waals surface area contributed by atoms with Crippen LogP contribution < -0.4 is 9.64 Å². The van der Waals surface area contributed by atoms with Gasteiger partial charge in [-0.15, -0.1) is 0 Å². The number of nitrogens with one attached hydrogen (secondary N) is 1. The number of carbonyl (C=O) groups is 2. The van der Waals surface area contributed by atoms with E-state index in [9.17, 15) is 22.8 Å². The van der Waals surface area contributed by atoms with Crippen LogP contribution in [-0.2, 0) is 46.3 Å². The molecule has 0 bridgehead atoms. The van der Waals surface area contributed by atoms with E-state index in [0.717, 1.165) is 18.5 Å². The summed E-state index contributed by atoms with van der Waals surface area (Å²) in [6.07, 6.45) is -1.77. The third-order valence-corrected chi connectivity index (χ3v) is 3.86. The van der Waals surface area contributed by atoms with Crippen molar-refractivity contribution in [2.45, 2.75) is 32.5 Å². The molecular formula is C23H31BF3N3O5W-. The summed E-state index contributed by atoms with van der Waals surface area (Å²) < 4.78 is 52.2. The number of carbonyl (C=O) groups excluding carboxylic acids is 2. The summed E-state index contributed by atoms with van der Waals surface area (Å²) in [5, 5.41) is 0. The van der Waals surface area contributed by atoms with Gasteiger partial charge < -0.3 is 34.4 Å². The van der Waals surface area contributed by atoms with E-state index in [-0.39, 0.29) is 39.9 Å². The minimum atomic E-state index is -4.50. The van der Waals surface area contributed by atoms with Gasteiger partial charge >= 0.3 is 6.18 Å². The second-order valence-electron chi connectivity index (χ2n) is 7.29. The summed E-state index contributed by atoms with van der Waals surface area (Å²) >= 11 is 0. The van der Waals surface area contributed by atoms with Crippen molar-refractivity contribution in [2.24, 2.45) is 0 Å². The maximum absolute atomic E-state index is 12.5. The van der Waals surface area contributed by atoms with Gasteiger partial charge in [-0.3, -0.25) is 0 Å². The molecule has 1 aromatic carbocycles. The van der Waals surface area contributed by atoms with Gasteiger partial charge in [0.15, 0.2) is 6.29 Å². The molecule has 0 saturated carbocycles. The smallest absolute Gasteiger partial charge is 0.433 e. The number of aromatic nitrogens is 1. The van der Waals surface area contributed by atoms with Crippen LogP contribution >= 0.6 is 0 Å². The van der Waals surface area contributed by atoms with E-state index in [4.69, 9.17) is 15.2 Å². The molecule has 2 rings (SSSR count). The fourth-order valence-electron chi connectivity index (χ4n) is 2.33. The molecule has 1 radical (unpaired) electrons. The summed E-state index contributed by atoms with van der Waals surface area (Å²) in [4.78, 5) is 25.4. The van der Waals surface area contributed by atoms with E-state index >= 15 is 0 Å². The van der Waals surface area contributed by atoms with Crippen molar-refractivity contribution in [1.82, 2.24) is 4.98 Å². The van der Waals surface area contributed by atoms with Crippen molar-refractivity contribution in [3.63, 3.8) is 0 Å². The average molecular weight is 681 g/mol. The van der Waals surface area contributed by atoms with E-state index in [1.807, 2.05) is 6.92 Å². The van der Waals surface area contributed by atoms with Gasteiger partial charge in [0.2, 0.25) is 7.28 Å². The molecule has 0 unspecified atom stereocenters. The van der Waals surface area contributed by atoms with Crippen LogP contribution in [0.25, 0.3) is 5.73 Å². The van der Waals surface area contributed by atoms with Crippen LogP contribution in [0.3, 0.4) is 0 Å². The quantitative estimate of drug-likeness (QED) is 0.262. The largest absolute Gasteiger partial charge is 0.660 e. The van der Waals surface area contributed by atoms with Crippen LogP contribution in [0, 0.1) is 0 Å². The van der Waals surface area contributed by atoms with Crippen LogP contribution in [0.4, 0.5) is 18.9 Å². The van der Waals surface area contributed by atoms with Crippen molar-refractivity contribution in [3.8, 4) is 11.5 Å². The van der Waals surface area contributed by atoms with Crippen molar-refractivity contribution >= 4 is 25.4 Å². The number of ether oxygens (including phenoxy) is 3. The van der Waals surface area contributed by atoms with Crippen molar-refractivity contribution in [1.29, 1.82) is 0 Å². The monoisotopic (exact) mass is 681 g/mol. The summed E-state index contributed by atoms with van der Waals surface area (Å²) in [6, 6.07) is 8.72. The standard InChI is InChI=1S/C15H13BF3N3O2.C6H12O2.C2H6O.W/c17-15(18,19)14-5-4-13(7-21-14)24-12-3-1-2-11(6-12)22(10-20)8-16-9-23;1-4-8-6(2,3)5-7;1-3-2;/h1-7,9,20H,8,10H2;5H,4H2,1-3H3;1-2H3;/q-1;;;. The number of hydrogen-bond acceptors (Lipinski definition) is 7. The maximum Gasteiger partial charge on any atom is 0.433 e. The third kappa shape index (κ3) is 15.0. The second-order valence-corrected chi connectivity index (χ2v) is 7.29. The Bertz CT molecular complexity index is 875. The molecule has 1 aromatic heterocycles. The Morgan fingerprint density at radius 3 is 2.17 bits per heavy atom. The molecule has 8 nitrogen and oxygen atoms in total. The number of pyridine rings is 1. The van der Waals surface area contributed by atoms with Gasteiger partial charge in [0, 0.05) is 53.6 Å². The first-order valence-corrected chi connectivity index (χ1v) is 10.5. The van der Waals surface area contributed by atoms with Crippen LogP contribution in [0.1, 0.15) is 26.5 Å². The molecule has 0 aliphatic rings. The number of anilines is 1. The number of alkyl halides is 3. The fraction of sp³-hybridized carbons (Fsp3) is 0.435. The summed E-state index contributed by atoms with van der Waals surface area (Å²) in [7, 11) is 4.63. The summed E-state index contributed by atoms with van der Waals surface area (Å²) in [5.74, 6) is 0.552. The Hall–Kier alpha value is -2.27. The van der Waals surface area contributed by atoms with Crippen LogP contribution in [0.5, 0.6) is 11.5 Å². The van der Waals surface area contributed by atoms with Gasteiger partial charge in [-0.05, 0) is 51.5 Å². The zero-order valence-electron chi connectivity index (χ0n) is 20.9. The van der Waals surface area contributed by atoms with Gasteiger partial charge in [-0.25, -0.2) is 4.98 Å². The topological polar surface area (TPSA) is 102 Å². The molecule has 0 amide bonds. The van der Waals surface area contributed by atoms with Crippen LogP contribution in [0.15, 0.2) is 42.6 Å². The molecule has 199 valence electrons. The van der Waals surface area contributed by atoms with Crippen LogP contribution in [-0.4, -0.2) is 64.3 Å². The zero-order chi connectivity index (χ0) is 26.9. The molecule has 0 spiro atoms. The molecule has 2 aromatic rings. The fourth-order valence-corrected chi connectivity index (χ4v) is 2.33. The predicted octanol–water partition coefficient (Wildman–Crippen LogP) is 4.82. The van der Waals surface area contributed by atoms with Crippen LogP contribution in [0.2, 0.25) is 0 Å². The molecule has 13 heteroatoms. The van der Waals surface area contributed by atoms with Crippen molar-refractivity contribution in [2.75, 3.05) is 38.8 Å². The van der Waals surface area contributed by atoms with Crippen molar-refractivity contribution in [3.05, 3.63) is 54.0 Å². The number of rotatable bonds is 10. The first kappa shape index (κ1) is 35.9. The number of nitrogens with zero attached hydrogens (tertiary/aromatic N) is 2. The van der Waals surface area contributed by atoms with Gasteiger partial charge in [-0.2, -0.15) is 13.2 Å². The molecule has 0 atom stereocenters. The minimum absolute atomic E-state index is 0. The zero-order valence-corrected chi connectivity index (χ0v) is 23.8. The SMILES string of the molecule is CCOC(C)(C)C=O.COC.[NH-]CN(C[B]C=O)c1cccc(Oc2ccc(C(F)(F)F)nc2)c1.[W]. The second kappa shape index (κ2) is 18.9. The molecular weight excluding hydrogens is 650 g/mol. The number of aldehydes is 1. The first-order chi connectivity index (χ1) is 16.5. The van der Waals surface area contributed by atoms with Gasteiger partial charge in [0.1, 0.15) is 22.8 Å². The molecule has 0 aliphatic heterocycles. The normalized spacial score (nSPS) is 10.4. The van der Waals surface area contributed by atoms with Crippen molar-refractivity contribution < 1.29 is 58.0 Å². The molecule has 1 heterocycles. The van der Waals surface area contributed by atoms with E-state index < -0.39 is 17.5 Å². The van der Waals surface area contributed by atoms with Gasteiger partial charge in [0.05, 0.1) is 12.4 Å². The number of halogens is 3. The Morgan fingerprint density at radius 1 is 1.11 bits per heavy atom. The van der Waals surface area contributed by atoms with E-state index in [0.29, 0.717) is 24.2 Å². The molecule has 36 heavy (non-hydrogen) atoms. The Kier molecular flexibility index (Phi) is 18.9. The summed E-state index contributed by atoms with van der Waals surface area (Å²) in [5.41, 5.74) is 6.55. The number of methoxy groups -OCH3 is 1. The maximum atomic E-state index is 12.5.